The van der Waals surface area contributed by atoms with Crippen LogP contribution in [-0.4, -0.2) is 30.4 Å². The first-order chi connectivity index (χ1) is 10.7. The molecule has 3 atom stereocenters. The Morgan fingerprint density at radius 2 is 1.95 bits per heavy atom. The van der Waals surface area contributed by atoms with E-state index >= 15 is 0 Å². The van der Waals surface area contributed by atoms with Gasteiger partial charge >= 0.3 is 0 Å². The van der Waals surface area contributed by atoms with Crippen molar-refractivity contribution in [2.75, 3.05) is 13.2 Å². The lowest BCUT2D eigenvalue weighted by Crippen LogP contribution is -2.35. The Morgan fingerprint density at radius 1 is 1.18 bits per heavy atom. The number of nitrogens with one attached hydrogen (secondary N) is 1. The fourth-order valence-corrected chi connectivity index (χ4v) is 3.95. The summed E-state index contributed by atoms with van der Waals surface area (Å²) in [6, 6.07) is 6.83. The summed E-state index contributed by atoms with van der Waals surface area (Å²) in [5.74, 6) is 2.46. The van der Waals surface area contributed by atoms with Gasteiger partial charge in [-0.3, -0.25) is 0 Å². The number of aliphatic hydroxyl groups is 1. The Hall–Kier alpha value is -1.06. The molecule has 0 heterocycles. The van der Waals surface area contributed by atoms with Crippen molar-refractivity contribution in [1.82, 2.24) is 5.32 Å². The summed E-state index contributed by atoms with van der Waals surface area (Å²) < 4.78 is 5.96. The first-order valence-electron chi connectivity index (χ1n) is 8.84. The molecule has 0 saturated heterocycles. The van der Waals surface area contributed by atoms with Gasteiger partial charge in [-0.15, -0.1) is 0 Å². The van der Waals surface area contributed by atoms with Crippen LogP contribution in [0.3, 0.4) is 0 Å². The second-order valence-electron chi connectivity index (χ2n) is 7.14. The van der Waals surface area contributed by atoms with Crippen LogP contribution in [0.5, 0.6) is 5.75 Å². The third-order valence-electron chi connectivity index (χ3n) is 5.08. The van der Waals surface area contributed by atoms with Crippen molar-refractivity contribution in [2.24, 2.45) is 0 Å². The molecule has 0 spiro atoms. The highest BCUT2D eigenvalue weighted by Crippen LogP contribution is 2.56. The third kappa shape index (κ3) is 3.31. The Balaban J connectivity index is 1.62. The van der Waals surface area contributed by atoms with Crippen LogP contribution in [0.25, 0.3) is 0 Å². The van der Waals surface area contributed by atoms with Crippen LogP contribution in [-0.2, 0) is 0 Å². The second kappa shape index (κ2) is 7.01. The first-order valence-corrected chi connectivity index (χ1v) is 8.84. The molecule has 1 fully saturated rings. The topological polar surface area (TPSA) is 41.5 Å². The molecule has 3 nitrogen and oxygen atoms in total. The maximum atomic E-state index is 10.0. The lowest BCUT2D eigenvalue weighted by Gasteiger charge is -2.40. The summed E-state index contributed by atoms with van der Waals surface area (Å²) in [5.41, 5.74) is 2.93. The van der Waals surface area contributed by atoms with Crippen LogP contribution in [0, 0.1) is 0 Å². The predicted octanol–water partition coefficient (Wildman–Crippen LogP) is 3.57. The van der Waals surface area contributed by atoms with Crippen molar-refractivity contribution < 1.29 is 9.84 Å². The molecule has 1 saturated carbocycles. The molecule has 122 valence electrons. The zero-order valence-corrected chi connectivity index (χ0v) is 13.8. The van der Waals surface area contributed by atoms with E-state index in [4.69, 9.17) is 4.74 Å². The fraction of sp³-hybridized carbons (Fsp3) is 0.684. The van der Waals surface area contributed by atoms with Crippen LogP contribution in [0.4, 0.5) is 0 Å². The van der Waals surface area contributed by atoms with E-state index < -0.39 is 6.10 Å². The monoisotopic (exact) mass is 303 g/mol. The van der Waals surface area contributed by atoms with Gasteiger partial charge in [0, 0.05) is 18.2 Å². The molecule has 3 rings (SSSR count). The minimum atomic E-state index is -0.455. The molecule has 1 aromatic rings. The van der Waals surface area contributed by atoms with Gasteiger partial charge in [0.15, 0.2) is 0 Å². The van der Waals surface area contributed by atoms with E-state index in [1.54, 1.807) is 0 Å². The number of hydrogen-bond acceptors (Lipinski definition) is 3. The average molecular weight is 303 g/mol. The summed E-state index contributed by atoms with van der Waals surface area (Å²) in [5, 5.41) is 13.3. The standard InChI is InChI=1S/C19H29NO2/c1-13(2)20-11-14(21)12-22-18-10-6-9-17-15-7-4-3-5-8-16(15)19(17)18/h6,9-10,13-16,20-21H,3-5,7-8,11-12H2,1-2H3/t14?,15-,16+/m0/s1. The molecule has 2 aliphatic carbocycles. The number of ether oxygens (including phenoxy) is 1. The molecular weight excluding hydrogens is 274 g/mol. The van der Waals surface area contributed by atoms with Crippen molar-refractivity contribution in [1.29, 1.82) is 0 Å². The Morgan fingerprint density at radius 3 is 2.73 bits per heavy atom. The summed E-state index contributed by atoms with van der Waals surface area (Å²) >= 11 is 0. The Kier molecular flexibility index (Phi) is 5.04. The average Bonchev–Trinajstić information content (AvgIpc) is 2.70. The molecule has 0 amide bonds. The smallest absolute Gasteiger partial charge is 0.123 e. The molecule has 2 N–H and O–H groups in total. The first kappa shape index (κ1) is 15.8. The Labute approximate surface area is 134 Å². The zero-order chi connectivity index (χ0) is 15.5. The minimum absolute atomic E-state index is 0.369. The maximum absolute atomic E-state index is 10.0. The summed E-state index contributed by atoms with van der Waals surface area (Å²) in [4.78, 5) is 0. The molecule has 1 aromatic carbocycles. The van der Waals surface area contributed by atoms with Gasteiger partial charge in [-0.25, -0.2) is 0 Å². The van der Waals surface area contributed by atoms with Gasteiger partial charge in [0.1, 0.15) is 18.5 Å². The van der Waals surface area contributed by atoms with Crippen LogP contribution in [0.1, 0.15) is 68.9 Å². The van der Waals surface area contributed by atoms with E-state index in [0.717, 1.165) is 11.7 Å². The van der Waals surface area contributed by atoms with Gasteiger partial charge in [0.2, 0.25) is 0 Å². The largest absolute Gasteiger partial charge is 0.491 e. The fourth-order valence-electron chi connectivity index (χ4n) is 3.95. The van der Waals surface area contributed by atoms with E-state index in [0.29, 0.717) is 25.1 Å². The van der Waals surface area contributed by atoms with E-state index in [-0.39, 0.29) is 0 Å². The van der Waals surface area contributed by atoms with Crippen molar-refractivity contribution in [3.05, 3.63) is 29.3 Å². The van der Waals surface area contributed by atoms with Crippen LogP contribution in [0.15, 0.2) is 18.2 Å². The van der Waals surface area contributed by atoms with Gasteiger partial charge < -0.3 is 15.2 Å². The number of hydrogen-bond donors (Lipinski definition) is 2. The quantitative estimate of drug-likeness (QED) is 0.844. The normalized spacial score (nSPS) is 24.9. The number of fused-ring (bicyclic) bond motifs is 4. The maximum Gasteiger partial charge on any atom is 0.123 e. The zero-order valence-electron chi connectivity index (χ0n) is 13.8. The minimum Gasteiger partial charge on any atom is -0.491 e. The predicted molar refractivity (Wildman–Crippen MR) is 89.6 cm³/mol. The van der Waals surface area contributed by atoms with Crippen molar-refractivity contribution in [2.45, 2.75) is 69.9 Å². The molecule has 0 bridgehead atoms. The molecule has 3 heteroatoms. The van der Waals surface area contributed by atoms with Gasteiger partial charge in [-0.1, -0.05) is 45.2 Å². The number of aliphatic hydroxyl groups excluding tert-OH is 1. The van der Waals surface area contributed by atoms with E-state index in [1.165, 1.54) is 43.2 Å². The molecule has 2 aliphatic rings. The molecule has 0 aliphatic heterocycles. The van der Waals surface area contributed by atoms with Crippen molar-refractivity contribution in [3.63, 3.8) is 0 Å². The van der Waals surface area contributed by atoms with Crippen molar-refractivity contribution >= 4 is 0 Å². The van der Waals surface area contributed by atoms with E-state index in [9.17, 15) is 5.11 Å². The lowest BCUT2D eigenvalue weighted by atomic mass is 9.65. The van der Waals surface area contributed by atoms with E-state index in [2.05, 4.69) is 37.4 Å². The van der Waals surface area contributed by atoms with Gasteiger partial charge in [0.05, 0.1) is 0 Å². The highest BCUT2D eigenvalue weighted by molar-refractivity contribution is 5.53. The molecule has 0 aromatic heterocycles. The summed E-state index contributed by atoms with van der Waals surface area (Å²) in [7, 11) is 0. The highest BCUT2D eigenvalue weighted by atomic mass is 16.5. The van der Waals surface area contributed by atoms with Crippen LogP contribution in [0.2, 0.25) is 0 Å². The molecule has 1 unspecified atom stereocenters. The van der Waals surface area contributed by atoms with Crippen LogP contribution < -0.4 is 10.1 Å². The number of benzene rings is 1. The Bertz CT molecular complexity index is 500. The third-order valence-corrected chi connectivity index (χ3v) is 5.08. The van der Waals surface area contributed by atoms with Crippen molar-refractivity contribution in [3.8, 4) is 5.75 Å². The highest BCUT2D eigenvalue weighted by Gasteiger charge is 2.40. The molecule has 0 radical (unpaired) electrons. The van der Waals surface area contributed by atoms with Gasteiger partial charge in [-0.2, -0.15) is 0 Å². The summed E-state index contributed by atoms with van der Waals surface area (Å²) in [6.07, 6.45) is 6.26. The van der Waals surface area contributed by atoms with Gasteiger partial charge in [-0.05, 0) is 36.3 Å². The lowest BCUT2D eigenvalue weighted by molar-refractivity contribution is 0.103. The van der Waals surface area contributed by atoms with Gasteiger partial charge in [0.25, 0.3) is 0 Å². The number of rotatable bonds is 6. The second-order valence-corrected chi connectivity index (χ2v) is 7.14. The molecular formula is C19H29NO2. The van der Waals surface area contributed by atoms with Crippen LogP contribution >= 0.6 is 0 Å². The summed E-state index contributed by atoms with van der Waals surface area (Å²) in [6.45, 7) is 5.12. The SMILES string of the molecule is CC(C)NCC(O)COc1cccc2c1[C@@H]1CCCCC[C@H]21. The van der Waals surface area contributed by atoms with E-state index in [1.807, 2.05) is 0 Å². The molecule has 22 heavy (non-hydrogen) atoms.